The molecule has 1 N–H and O–H groups in total. The van der Waals surface area contributed by atoms with Crippen LogP contribution < -0.4 is 14.8 Å². The molecule has 1 spiro atoms. The van der Waals surface area contributed by atoms with Gasteiger partial charge in [0, 0.05) is 23.3 Å². The molecule has 2 aromatic rings. The molecule has 10 heteroatoms. The first-order chi connectivity index (χ1) is 22.8. The lowest BCUT2D eigenvalue weighted by atomic mass is 9.84. The van der Waals surface area contributed by atoms with Crippen LogP contribution >= 0.6 is 0 Å². The van der Waals surface area contributed by atoms with E-state index in [0.717, 1.165) is 69.0 Å². The third kappa shape index (κ3) is 6.73. The first-order valence-corrected chi connectivity index (χ1v) is 18.2. The average molecular weight is 663 g/mol. The van der Waals surface area contributed by atoms with Gasteiger partial charge in [0.25, 0.3) is 0 Å². The maximum Gasteiger partial charge on any atom is 0.408 e. The minimum atomic E-state index is -0.888. The van der Waals surface area contributed by atoms with Crippen molar-refractivity contribution in [1.82, 2.24) is 20.2 Å². The molecule has 48 heavy (non-hydrogen) atoms. The van der Waals surface area contributed by atoms with Crippen LogP contribution in [0.4, 0.5) is 4.79 Å². The third-order valence-electron chi connectivity index (χ3n) is 11.4. The molecule has 262 valence electrons. The smallest absolute Gasteiger partial charge is 0.408 e. The summed E-state index contributed by atoms with van der Waals surface area (Å²) in [5, 5.41) is 2.95. The number of carbonyl (C=O) groups excluding carboxylic acids is 3. The van der Waals surface area contributed by atoms with Gasteiger partial charge in [-0.2, -0.15) is 0 Å². The lowest BCUT2D eigenvalue weighted by molar-refractivity contribution is -0.143. The van der Waals surface area contributed by atoms with Crippen molar-refractivity contribution < 1.29 is 28.6 Å². The van der Waals surface area contributed by atoms with Gasteiger partial charge >= 0.3 is 6.09 Å². The number of nitrogens with zero attached hydrogens (tertiary/aromatic N) is 3. The van der Waals surface area contributed by atoms with Crippen LogP contribution in [0.25, 0.3) is 11.0 Å². The molecule has 6 rings (SSSR count). The van der Waals surface area contributed by atoms with Crippen molar-refractivity contribution in [3.05, 3.63) is 23.9 Å². The molecule has 2 saturated carbocycles. The predicted molar refractivity (Wildman–Crippen MR) is 183 cm³/mol. The highest BCUT2D eigenvalue weighted by molar-refractivity contribution is 5.94. The first-order valence-electron chi connectivity index (χ1n) is 18.2. The second-order valence-corrected chi connectivity index (χ2v) is 16.1. The van der Waals surface area contributed by atoms with Crippen LogP contribution in [0, 0.1) is 23.2 Å². The number of Topliss-reactive ketones (excluding diaryl/α,β-unsaturated/α-hetero) is 1. The summed E-state index contributed by atoms with van der Waals surface area (Å²) in [5.74, 6) is 0.638. The van der Waals surface area contributed by atoms with Gasteiger partial charge in [-0.1, -0.05) is 54.4 Å². The van der Waals surface area contributed by atoms with Gasteiger partial charge in [0.15, 0.2) is 5.78 Å². The number of rotatable bonds is 4. The fourth-order valence-corrected chi connectivity index (χ4v) is 8.36. The zero-order chi connectivity index (χ0) is 34.4. The zero-order valence-electron chi connectivity index (χ0n) is 29.8. The third-order valence-corrected chi connectivity index (χ3v) is 11.4. The average Bonchev–Trinajstić information content (AvgIpc) is 3.56. The van der Waals surface area contributed by atoms with Crippen molar-refractivity contribution >= 4 is 28.8 Å². The molecular formula is C38H54N4O6. The molecule has 2 bridgehead atoms. The normalized spacial score (nSPS) is 29.4. The lowest BCUT2D eigenvalue weighted by Gasteiger charge is -2.36. The van der Waals surface area contributed by atoms with Crippen molar-refractivity contribution in [1.29, 1.82) is 0 Å². The number of fused-ring (bicyclic) bond motifs is 6. The van der Waals surface area contributed by atoms with Crippen LogP contribution in [-0.4, -0.2) is 70.6 Å². The minimum Gasteiger partial charge on any atom is -0.497 e. The SMILES string of the molecule is CCC1C2CN(C(=O)C(C(C)(C)C)NC(=O)OC3CCCC3CCCCC3(CC3)c3nc4ccc(OC)cc4nc3O2)C1C(=O)C(C)C. The molecule has 0 radical (unpaired) electrons. The van der Waals surface area contributed by atoms with Gasteiger partial charge in [-0.05, 0) is 74.8 Å². The van der Waals surface area contributed by atoms with Gasteiger partial charge in [0.05, 0.1) is 30.7 Å². The van der Waals surface area contributed by atoms with Gasteiger partial charge in [-0.15, -0.1) is 0 Å². The van der Waals surface area contributed by atoms with Gasteiger partial charge in [0.1, 0.15) is 29.7 Å². The number of hydrogen-bond donors (Lipinski definition) is 1. The van der Waals surface area contributed by atoms with Crippen molar-refractivity contribution in [3.63, 3.8) is 0 Å². The Morgan fingerprint density at radius 2 is 1.77 bits per heavy atom. The summed E-state index contributed by atoms with van der Waals surface area (Å²) in [7, 11) is 1.63. The van der Waals surface area contributed by atoms with E-state index in [9.17, 15) is 14.4 Å². The van der Waals surface area contributed by atoms with Gasteiger partial charge < -0.3 is 24.4 Å². The Kier molecular flexibility index (Phi) is 9.66. The van der Waals surface area contributed by atoms with Crippen molar-refractivity contribution in [2.24, 2.45) is 23.2 Å². The summed E-state index contributed by atoms with van der Waals surface area (Å²) >= 11 is 0. The number of methoxy groups -OCH3 is 1. The van der Waals surface area contributed by atoms with Crippen LogP contribution in [0.1, 0.15) is 111 Å². The highest BCUT2D eigenvalue weighted by Crippen LogP contribution is 2.54. The number of alkyl carbamates (subject to hydrolysis) is 1. The number of ether oxygens (including phenoxy) is 3. The molecule has 4 aliphatic rings. The molecule has 3 heterocycles. The molecule has 6 unspecified atom stereocenters. The molecule has 2 aliphatic heterocycles. The Labute approximate surface area is 285 Å². The van der Waals surface area contributed by atoms with E-state index in [1.807, 2.05) is 59.7 Å². The summed E-state index contributed by atoms with van der Waals surface area (Å²) in [6.07, 6.45) is 8.42. The van der Waals surface area contributed by atoms with E-state index in [4.69, 9.17) is 24.2 Å². The largest absolute Gasteiger partial charge is 0.497 e. The maximum atomic E-state index is 14.6. The van der Waals surface area contributed by atoms with E-state index in [-0.39, 0.29) is 41.6 Å². The van der Waals surface area contributed by atoms with Crippen LogP contribution in [0.2, 0.25) is 0 Å². The number of carbonyl (C=O) groups is 3. The number of amides is 2. The van der Waals surface area contributed by atoms with E-state index in [0.29, 0.717) is 29.5 Å². The topological polar surface area (TPSA) is 120 Å². The monoisotopic (exact) mass is 662 g/mol. The second-order valence-electron chi connectivity index (χ2n) is 16.1. The molecule has 1 saturated heterocycles. The van der Waals surface area contributed by atoms with Gasteiger partial charge in [0.2, 0.25) is 11.8 Å². The number of ketones is 1. The van der Waals surface area contributed by atoms with E-state index in [1.54, 1.807) is 12.0 Å². The minimum absolute atomic E-state index is 0.00977. The maximum absolute atomic E-state index is 14.6. The van der Waals surface area contributed by atoms with Crippen LogP contribution in [0.15, 0.2) is 18.2 Å². The van der Waals surface area contributed by atoms with E-state index in [1.165, 1.54) is 0 Å². The molecular weight excluding hydrogens is 608 g/mol. The van der Waals surface area contributed by atoms with Crippen LogP contribution in [0.5, 0.6) is 11.6 Å². The van der Waals surface area contributed by atoms with Gasteiger partial charge in [-0.25, -0.2) is 14.8 Å². The van der Waals surface area contributed by atoms with Crippen LogP contribution in [0.3, 0.4) is 0 Å². The van der Waals surface area contributed by atoms with E-state index >= 15 is 0 Å². The Morgan fingerprint density at radius 1 is 1.02 bits per heavy atom. The van der Waals surface area contributed by atoms with Crippen molar-refractivity contribution in [2.75, 3.05) is 13.7 Å². The zero-order valence-corrected chi connectivity index (χ0v) is 29.8. The summed E-state index contributed by atoms with van der Waals surface area (Å²) < 4.78 is 18.5. The number of aromatic nitrogens is 2. The summed E-state index contributed by atoms with van der Waals surface area (Å²) in [4.78, 5) is 54.0. The number of nitrogens with one attached hydrogen (secondary N) is 1. The molecule has 1 aromatic carbocycles. The quantitative estimate of drug-likeness (QED) is 0.381. The molecule has 6 atom stereocenters. The summed E-state index contributed by atoms with van der Waals surface area (Å²) in [6.45, 7) is 11.8. The summed E-state index contributed by atoms with van der Waals surface area (Å²) in [6, 6.07) is 4.15. The fourth-order valence-electron chi connectivity index (χ4n) is 8.36. The highest BCUT2D eigenvalue weighted by atomic mass is 16.6. The fraction of sp³-hybridized carbons (Fsp3) is 0.711. The molecule has 10 nitrogen and oxygen atoms in total. The Balaban J connectivity index is 1.45. The molecule has 3 fully saturated rings. The number of hydrogen-bond acceptors (Lipinski definition) is 8. The molecule has 1 aromatic heterocycles. The highest BCUT2D eigenvalue weighted by Gasteiger charge is 2.53. The Hall–Kier alpha value is -3.43. The van der Waals surface area contributed by atoms with Crippen molar-refractivity contribution in [2.45, 2.75) is 135 Å². The lowest BCUT2D eigenvalue weighted by Crippen LogP contribution is -2.58. The van der Waals surface area contributed by atoms with Crippen molar-refractivity contribution in [3.8, 4) is 11.6 Å². The standard InChI is InChI=1S/C38H54N4O6/c1-8-25-29-21-42(30(25)31(43)22(2)3)35(44)33(37(4,5)6)41-36(45)48-28-14-11-13-23(28)12-9-10-17-38(18-19-38)32-34(47-29)40-27-20-24(46-7)15-16-26(27)39-32/h15-16,20,22-23,25,28-30,33H,8-14,17-19,21H2,1-7H3,(H,41,45). The molecule has 2 aliphatic carbocycles. The Bertz CT molecular complexity index is 1530. The molecule has 2 amide bonds. The van der Waals surface area contributed by atoms with E-state index < -0.39 is 29.7 Å². The van der Waals surface area contributed by atoms with E-state index in [2.05, 4.69) is 5.32 Å². The predicted octanol–water partition coefficient (Wildman–Crippen LogP) is 6.76. The Morgan fingerprint density at radius 3 is 2.44 bits per heavy atom. The second kappa shape index (κ2) is 13.5. The number of benzene rings is 1. The summed E-state index contributed by atoms with van der Waals surface area (Å²) in [5.41, 5.74) is 1.61. The van der Waals surface area contributed by atoms with Crippen LogP contribution in [-0.2, 0) is 19.7 Å². The first kappa shape index (κ1) is 34.4. The van der Waals surface area contributed by atoms with Gasteiger partial charge in [-0.3, -0.25) is 9.59 Å².